The zero-order chi connectivity index (χ0) is 13.0. The van der Waals surface area contributed by atoms with E-state index < -0.39 is 10.0 Å². The number of nitrogens with one attached hydrogen (secondary N) is 1. The minimum Gasteiger partial charge on any atom is -0.243 e. The Kier molecular flexibility index (Phi) is 5.20. The molecular formula is C10H13ClN2O2S3. The molecule has 2 rings (SSSR count). The van der Waals surface area contributed by atoms with E-state index in [0.717, 1.165) is 17.3 Å². The van der Waals surface area contributed by atoms with Crippen LogP contribution in [0.4, 0.5) is 0 Å². The van der Waals surface area contributed by atoms with E-state index >= 15 is 0 Å². The fraction of sp³-hybridized carbons (Fsp3) is 0.500. The lowest BCUT2D eigenvalue weighted by molar-refractivity contribution is 0.581. The van der Waals surface area contributed by atoms with Crippen LogP contribution in [0.5, 0.6) is 0 Å². The molecule has 1 atom stereocenters. The van der Waals surface area contributed by atoms with Gasteiger partial charge in [-0.2, -0.15) is 23.5 Å². The summed E-state index contributed by atoms with van der Waals surface area (Å²) >= 11 is 9.31. The van der Waals surface area contributed by atoms with Crippen LogP contribution in [-0.4, -0.2) is 42.5 Å². The molecule has 0 spiro atoms. The number of sulfonamides is 1. The van der Waals surface area contributed by atoms with Crippen molar-refractivity contribution in [2.45, 2.75) is 10.1 Å². The fourth-order valence-electron chi connectivity index (χ4n) is 1.46. The van der Waals surface area contributed by atoms with Gasteiger partial charge in [-0.25, -0.2) is 18.1 Å². The molecule has 8 heteroatoms. The lowest BCUT2D eigenvalue weighted by atomic mass is 10.5. The molecule has 1 N–H and O–H groups in total. The van der Waals surface area contributed by atoms with Crippen molar-refractivity contribution in [2.75, 3.05) is 23.8 Å². The van der Waals surface area contributed by atoms with Crippen molar-refractivity contribution in [3.05, 3.63) is 23.5 Å². The van der Waals surface area contributed by atoms with E-state index in [1.54, 1.807) is 0 Å². The van der Waals surface area contributed by atoms with E-state index in [2.05, 4.69) is 9.71 Å². The van der Waals surface area contributed by atoms with E-state index in [1.807, 2.05) is 23.5 Å². The van der Waals surface area contributed by atoms with Crippen LogP contribution in [0.1, 0.15) is 0 Å². The maximum atomic E-state index is 12.0. The van der Waals surface area contributed by atoms with Gasteiger partial charge in [0.2, 0.25) is 10.0 Å². The van der Waals surface area contributed by atoms with E-state index in [4.69, 9.17) is 11.6 Å². The molecule has 0 aromatic carbocycles. The second-order valence-corrected chi connectivity index (χ2v) is 8.45. The number of thioether (sulfide) groups is 2. The van der Waals surface area contributed by atoms with Crippen molar-refractivity contribution in [3.63, 3.8) is 0 Å². The molecule has 1 aliphatic heterocycles. The number of hydrogen-bond acceptors (Lipinski definition) is 5. The van der Waals surface area contributed by atoms with Crippen LogP contribution in [-0.2, 0) is 10.0 Å². The Balaban J connectivity index is 1.96. The van der Waals surface area contributed by atoms with Crippen LogP contribution in [0.2, 0.25) is 5.15 Å². The van der Waals surface area contributed by atoms with Gasteiger partial charge in [-0.3, -0.25) is 0 Å². The number of halogens is 1. The predicted octanol–water partition coefficient (Wildman–Crippen LogP) is 1.86. The average molecular weight is 325 g/mol. The third-order valence-corrected chi connectivity index (χ3v) is 6.87. The molecule has 4 nitrogen and oxygen atoms in total. The highest BCUT2D eigenvalue weighted by Crippen LogP contribution is 2.23. The first-order valence-corrected chi connectivity index (χ1v) is 9.45. The summed E-state index contributed by atoms with van der Waals surface area (Å²) in [6.07, 6.45) is 1.27. The number of rotatable bonds is 4. The summed E-state index contributed by atoms with van der Waals surface area (Å²) in [5, 5.41) is 0.631. The molecular weight excluding hydrogens is 312 g/mol. The topological polar surface area (TPSA) is 59.1 Å². The number of hydrogen-bond donors (Lipinski definition) is 1. The zero-order valence-electron chi connectivity index (χ0n) is 9.50. The molecule has 0 saturated carbocycles. The van der Waals surface area contributed by atoms with Crippen molar-refractivity contribution in [2.24, 2.45) is 0 Å². The van der Waals surface area contributed by atoms with Gasteiger partial charge in [-0.1, -0.05) is 11.6 Å². The molecule has 1 aromatic rings. The molecule has 0 aliphatic carbocycles. The van der Waals surface area contributed by atoms with Gasteiger partial charge < -0.3 is 0 Å². The molecule has 1 unspecified atom stereocenters. The molecule has 1 fully saturated rings. The maximum Gasteiger partial charge on any atom is 0.242 e. The molecule has 1 saturated heterocycles. The third kappa shape index (κ3) is 4.03. The van der Waals surface area contributed by atoms with Crippen LogP contribution < -0.4 is 4.72 Å². The van der Waals surface area contributed by atoms with Crippen molar-refractivity contribution >= 4 is 45.1 Å². The van der Waals surface area contributed by atoms with Gasteiger partial charge in [0, 0.05) is 35.3 Å². The highest BCUT2D eigenvalue weighted by atomic mass is 35.5. The standard InChI is InChI=1S/C10H13ClN2O2S3/c11-10-2-1-9(6-12-10)18(14,15)13-5-8-7-16-3-4-17-8/h1-2,6,8,13H,3-5,7H2. The minimum atomic E-state index is -3.47. The molecule has 0 bridgehead atoms. The molecule has 0 radical (unpaired) electrons. The monoisotopic (exact) mass is 324 g/mol. The van der Waals surface area contributed by atoms with Crippen LogP contribution in [0.25, 0.3) is 0 Å². The minimum absolute atomic E-state index is 0.153. The zero-order valence-corrected chi connectivity index (χ0v) is 12.7. The second kappa shape index (κ2) is 6.47. The van der Waals surface area contributed by atoms with Crippen LogP contribution in [0, 0.1) is 0 Å². The average Bonchev–Trinajstić information content (AvgIpc) is 2.38. The van der Waals surface area contributed by atoms with Gasteiger partial charge in [-0.15, -0.1) is 0 Å². The molecule has 1 aromatic heterocycles. The van der Waals surface area contributed by atoms with E-state index in [0.29, 0.717) is 11.8 Å². The number of pyridine rings is 1. The maximum absolute atomic E-state index is 12.0. The Labute approximate surface area is 120 Å². The first kappa shape index (κ1) is 14.5. The van der Waals surface area contributed by atoms with Crippen molar-refractivity contribution in [1.82, 2.24) is 9.71 Å². The van der Waals surface area contributed by atoms with E-state index in [1.165, 1.54) is 18.3 Å². The molecule has 18 heavy (non-hydrogen) atoms. The van der Waals surface area contributed by atoms with Crippen LogP contribution in [0.3, 0.4) is 0 Å². The normalized spacial score (nSPS) is 20.8. The van der Waals surface area contributed by atoms with Crippen molar-refractivity contribution < 1.29 is 8.42 Å². The third-order valence-electron chi connectivity index (χ3n) is 2.40. The summed E-state index contributed by atoms with van der Waals surface area (Å²) in [5.74, 6) is 3.22. The molecule has 0 amide bonds. The Hall–Kier alpha value is 0.0500. The summed E-state index contributed by atoms with van der Waals surface area (Å²) < 4.78 is 26.6. The predicted molar refractivity (Wildman–Crippen MR) is 78.0 cm³/mol. The van der Waals surface area contributed by atoms with Gasteiger partial charge in [0.05, 0.1) is 0 Å². The highest BCUT2D eigenvalue weighted by Gasteiger charge is 2.19. The largest absolute Gasteiger partial charge is 0.243 e. The Morgan fingerprint density at radius 1 is 1.44 bits per heavy atom. The van der Waals surface area contributed by atoms with Crippen molar-refractivity contribution in [3.8, 4) is 0 Å². The SMILES string of the molecule is O=S(=O)(NCC1CSCCS1)c1ccc(Cl)nc1. The smallest absolute Gasteiger partial charge is 0.242 e. The van der Waals surface area contributed by atoms with E-state index in [-0.39, 0.29) is 10.0 Å². The van der Waals surface area contributed by atoms with Gasteiger partial charge in [0.15, 0.2) is 0 Å². The quantitative estimate of drug-likeness (QED) is 0.857. The number of aromatic nitrogens is 1. The number of nitrogens with zero attached hydrogens (tertiary/aromatic N) is 1. The summed E-state index contributed by atoms with van der Waals surface area (Å²) in [4.78, 5) is 3.93. The molecule has 1 aliphatic rings. The van der Waals surface area contributed by atoms with Gasteiger partial charge in [0.1, 0.15) is 10.0 Å². The van der Waals surface area contributed by atoms with Crippen LogP contribution >= 0.6 is 35.1 Å². The first-order valence-electron chi connectivity index (χ1n) is 5.38. The fourth-order valence-corrected chi connectivity index (χ4v) is 5.32. The highest BCUT2D eigenvalue weighted by molar-refractivity contribution is 8.06. The lowest BCUT2D eigenvalue weighted by Crippen LogP contribution is -2.33. The lowest BCUT2D eigenvalue weighted by Gasteiger charge is -2.21. The Morgan fingerprint density at radius 3 is 2.89 bits per heavy atom. The van der Waals surface area contributed by atoms with Crippen LogP contribution in [0.15, 0.2) is 23.2 Å². The second-order valence-electron chi connectivity index (χ2n) is 3.74. The Morgan fingerprint density at radius 2 is 2.28 bits per heavy atom. The van der Waals surface area contributed by atoms with Crippen molar-refractivity contribution in [1.29, 1.82) is 0 Å². The summed E-state index contributed by atoms with van der Waals surface area (Å²) in [7, 11) is -3.47. The summed E-state index contributed by atoms with van der Waals surface area (Å²) in [5.41, 5.74) is 0. The Bertz CT molecular complexity index is 486. The van der Waals surface area contributed by atoms with Gasteiger partial charge in [0.25, 0.3) is 0 Å². The first-order chi connectivity index (χ1) is 8.58. The molecule has 100 valence electrons. The summed E-state index contributed by atoms with van der Waals surface area (Å²) in [6.45, 7) is 0.461. The van der Waals surface area contributed by atoms with Gasteiger partial charge >= 0.3 is 0 Å². The van der Waals surface area contributed by atoms with Gasteiger partial charge in [-0.05, 0) is 12.1 Å². The summed E-state index contributed by atoms with van der Waals surface area (Å²) in [6, 6.07) is 2.93. The van der Waals surface area contributed by atoms with E-state index in [9.17, 15) is 8.42 Å². The molecule has 2 heterocycles.